The Morgan fingerprint density at radius 2 is 1.89 bits per heavy atom. The Balaban J connectivity index is 0.000000411. The molecule has 8 nitrogen and oxygen atoms in total. The molecule has 1 aliphatic heterocycles. The van der Waals surface area contributed by atoms with Gasteiger partial charge in [0.1, 0.15) is 18.3 Å². The molecular weight excluding hydrogens is 246 g/mol. The highest BCUT2D eigenvalue weighted by Crippen LogP contribution is 2.17. The van der Waals surface area contributed by atoms with Crippen molar-refractivity contribution < 1.29 is 34.7 Å². The number of hydrogen-bond acceptors (Lipinski definition) is 8. The summed E-state index contributed by atoms with van der Waals surface area (Å²) >= 11 is 0. The van der Waals surface area contributed by atoms with Crippen molar-refractivity contribution in [2.75, 3.05) is 13.2 Å². The summed E-state index contributed by atoms with van der Waals surface area (Å²) in [6, 6.07) is -1.04. The average Bonchev–Trinajstić information content (AvgIpc) is 2.32. The van der Waals surface area contributed by atoms with E-state index in [4.69, 9.17) is 20.7 Å². The number of hydrogen-bond donors (Lipinski definition) is 5. The van der Waals surface area contributed by atoms with Crippen molar-refractivity contribution in [1.29, 1.82) is 0 Å². The van der Waals surface area contributed by atoms with Crippen LogP contribution in [0.4, 0.5) is 0 Å². The van der Waals surface area contributed by atoms with Crippen LogP contribution < -0.4 is 5.73 Å². The third kappa shape index (κ3) is 5.25. The maximum atomic E-state index is 9.82. The first-order valence-electron chi connectivity index (χ1n) is 5.54. The summed E-state index contributed by atoms with van der Waals surface area (Å²) in [5.41, 5.74) is 5.26. The van der Waals surface area contributed by atoms with E-state index in [0.717, 1.165) is 0 Å². The zero-order chi connectivity index (χ0) is 14.3. The van der Waals surface area contributed by atoms with Gasteiger partial charge < -0.3 is 35.6 Å². The average molecular weight is 267 g/mol. The Bertz CT molecular complexity index is 246. The van der Waals surface area contributed by atoms with Crippen molar-refractivity contribution in [3.8, 4) is 0 Å². The Morgan fingerprint density at radius 1 is 1.33 bits per heavy atom. The van der Waals surface area contributed by atoms with Crippen LogP contribution in [0.2, 0.25) is 0 Å². The van der Waals surface area contributed by atoms with Crippen molar-refractivity contribution in [3.05, 3.63) is 0 Å². The molecule has 1 unspecified atom stereocenters. The summed E-state index contributed by atoms with van der Waals surface area (Å²) < 4.78 is 9.10. The fourth-order valence-electron chi connectivity index (χ4n) is 1.32. The molecule has 1 fully saturated rings. The maximum absolute atomic E-state index is 9.82. The van der Waals surface area contributed by atoms with E-state index in [2.05, 4.69) is 4.74 Å². The second-order valence-corrected chi connectivity index (χ2v) is 3.73. The van der Waals surface area contributed by atoms with Gasteiger partial charge in [-0.1, -0.05) is 0 Å². The summed E-state index contributed by atoms with van der Waals surface area (Å²) in [4.78, 5) is 9.82. The first-order valence-corrected chi connectivity index (χ1v) is 5.54. The van der Waals surface area contributed by atoms with E-state index < -0.39 is 37.3 Å². The quantitative estimate of drug-likeness (QED) is 0.340. The third-order valence-corrected chi connectivity index (χ3v) is 2.30. The second-order valence-electron chi connectivity index (χ2n) is 3.73. The van der Waals surface area contributed by atoms with Crippen molar-refractivity contribution in [1.82, 2.24) is 0 Å². The molecule has 8 heteroatoms. The Morgan fingerprint density at radius 3 is 2.22 bits per heavy atom. The summed E-state index contributed by atoms with van der Waals surface area (Å²) in [7, 11) is 0. The van der Waals surface area contributed by atoms with Crippen LogP contribution in [0.25, 0.3) is 0 Å². The molecule has 0 aromatic heterocycles. The van der Waals surface area contributed by atoms with Gasteiger partial charge in [0, 0.05) is 6.92 Å². The number of rotatable bonds is 2. The number of ether oxygens (including phenoxy) is 2. The number of carbonyl (C=O) groups is 1. The molecule has 108 valence electrons. The van der Waals surface area contributed by atoms with Crippen LogP contribution in [0.3, 0.4) is 0 Å². The first-order chi connectivity index (χ1) is 8.34. The molecule has 0 saturated carbocycles. The summed E-state index contributed by atoms with van der Waals surface area (Å²) in [5.74, 6) is -0.211. The molecule has 0 aromatic carbocycles. The zero-order valence-electron chi connectivity index (χ0n) is 10.4. The normalized spacial score (nSPS) is 35.4. The molecule has 18 heavy (non-hydrogen) atoms. The lowest BCUT2D eigenvalue weighted by molar-refractivity contribution is -0.248. The molecule has 0 aliphatic carbocycles. The Hall–Kier alpha value is -0.770. The number of aliphatic hydroxyl groups excluding tert-OH is 4. The van der Waals surface area contributed by atoms with Crippen molar-refractivity contribution in [2.45, 2.75) is 44.5 Å². The van der Waals surface area contributed by atoms with E-state index in [1.54, 1.807) is 6.92 Å². The minimum absolute atomic E-state index is 0.211. The topological polar surface area (TPSA) is 142 Å². The number of esters is 1. The molecule has 6 N–H and O–H groups in total. The highest BCUT2D eigenvalue weighted by atomic mass is 16.6. The second kappa shape index (κ2) is 8.35. The minimum atomic E-state index is -1.35. The van der Waals surface area contributed by atoms with Gasteiger partial charge >= 0.3 is 5.97 Å². The van der Waals surface area contributed by atoms with Crippen LogP contribution in [0.1, 0.15) is 13.8 Å². The van der Waals surface area contributed by atoms with E-state index in [-0.39, 0.29) is 5.97 Å². The molecule has 0 aromatic rings. The number of aliphatic hydroxyl groups is 4. The van der Waals surface area contributed by atoms with E-state index in [0.29, 0.717) is 6.61 Å². The van der Waals surface area contributed by atoms with Crippen LogP contribution in [0, 0.1) is 0 Å². The predicted molar refractivity (Wildman–Crippen MR) is 60.3 cm³/mol. The van der Waals surface area contributed by atoms with Gasteiger partial charge in [-0.2, -0.15) is 0 Å². The van der Waals surface area contributed by atoms with Crippen molar-refractivity contribution in [2.24, 2.45) is 5.73 Å². The lowest BCUT2D eigenvalue weighted by Crippen LogP contribution is -2.61. The predicted octanol–water partition coefficient (Wildman–Crippen LogP) is -2.69. The van der Waals surface area contributed by atoms with Gasteiger partial charge in [0.15, 0.2) is 6.29 Å². The van der Waals surface area contributed by atoms with Crippen molar-refractivity contribution in [3.63, 3.8) is 0 Å². The molecule has 1 heterocycles. The molecule has 1 aliphatic rings. The fourth-order valence-corrected chi connectivity index (χ4v) is 1.32. The number of nitrogens with two attached hydrogens (primary N) is 1. The maximum Gasteiger partial charge on any atom is 0.302 e. The van der Waals surface area contributed by atoms with Gasteiger partial charge in [0.2, 0.25) is 0 Å². The molecule has 0 radical (unpaired) electrons. The summed E-state index contributed by atoms with van der Waals surface area (Å²) in [5, 5.41) is 36.1. The van der Waals surface area contributed by atoms with Crippen LogP contribution >= 0.6 is 0 Å². The third-order valence-electron chi connectivity index (χ3n) is 2.30. The van der Waals surface area contributed by atoms with Gasteiger partial charge in [-0.05, 0) is 6.92 Å². The molecule has 0 bridgehead atoms. The van der Waals surface area contributed by atoms with Crippen LogP contribution in [-0.4, -0.2) is 70.3 Å². The van der Waals surface area contributed by atoms with E-state index >= 15 is 0 Å². The summed E-state index contributed by atoms with van der Waals surface area (Å²) in [6.07, 6.45) is -4.85. The standard InChI is InChI=1S/C6H13NO5.C4H8O2/c7-3-5(10)4(9)2(1-8)12-6(3)11;1-3-6-4(2)5/h2-6,8-11H,1,7H2;3H2,1-2H3/t2-,3-,4-,5-,6?;/m1./s1. The van der Waals surface area contributed by atoms with Gasteiger partial charge in [-0.25, -0.2) is 0 Å². The van der Waals surface area contributed by atoms with Crippen molar-refractivity contribution >= 4 is 5.97 Å². The zero-order valence-corrected chi connectivity index (χ0v) is 10.4. The molecule has 5 atom stereocenters. The van der Waals surface area contributed by atoms with E-state index in [1.807, 2.05) is 0 Å². The minimum Gasteiger partial charge on any atom is -0.466 e. The van der Waals surface area contributed by atoms with Crippen LogP contribution in [0.15, 0.2) is 0 Å². The SMILES string of the molecule is CCOC(C)=O.N[C@H]1C(O)O[C@H](CO)[C@@H](O)[C@@H]1O. The van der Waals surface area contributed by atoms with E-state index in [1.165, 1.54) is 6.92 Å². The summed E-state index contributed by atoms with van der Waals surface area (Å²) in [6.45, 7) is 3.18. The van der Waals surface area contributed by atoms with Crippen LogP contribution in [-0.2, 0) is 14.3 Å². The smallest absolute Gasteiger partial charge is 0.302 e. The van der Waals surface area contributed by atoms with Crippen LogP contribution in [0.5, 0.6) is 0 Å². The molecular formula is C10H21NO7. The largest absolute Gasteiger partial charge is 0.466 e. The highest BCUT2D eigenvalue weighted by molar-refractivity contribution is 5.65. The van der Waals surface area contributed by atoms with E-state index in [9.17, 15) is 15.0 Å². The molecule has 0 amide bonds. The molecule has 1 rings (SSSR count). The van der Waals surface area contributed by atoms with Gasteiger partial charge in [-0.3, -0.25) is 4.79 Å². The first kappa shape index (κ1) is 17.2. The van der Waals surface area contributed by atoms with Gasteiger partial charge in [0.25, 0.3) is 0 Å². The molecule has 0 spiro atoms. The highest BCUT2D eigenvalue weighted by Gasteiger charge is 2.41. The number of carbonyl (C=O) groups excluding carboxylic acids is 1. The Kier molecular flexibility index (Phi) is 8.00. The molecule has 1 saturated heterocycles. The lowest BCUT2D eigenvalue weighted by atomic mass is 9.98. The monoisotopic (exact) mass is 267 g/mol. The fraction of sp³-hybridized carbons (Fsp3) is 0.900. The lowest BCUT2D eigenvalue weighted by Gasteiger charge is -2.38. The van der Waals surface area contributed by atoms with Gasteiger partial charge in [0.05, 0.1) is 19.3 Å². The Labute approximate surface area is 105 Å². The van der Waals surface area contributed by atoms with Gasteiger partial charge in [-0.15, -0.1) is 0 Å².